The number of carbonyl (C=O) groups excluding carboxylic acids is 2. The topological polar surface area (TPSA) is 141 Å². The van der Waals surface area contributed by atoms with E-state index >= 15 is 4.39 Å². The van der Waals surface area contributed by atoms with Crippen molar-refractivity contribution in [1.29, 1.82) is 0 Å². The van der Waals surface area contributed by atoms with Gasteiger partial charge in [0.25, 0.3) is 0 Å². The van der Waals surface area contributed by atoms with Gasteiger partial charge in [0.1, 0.15) is 29.1 Å². The number of rotatable bonds is 7. The average molecular weight is 559 g/mol. The second-order valence-corrected chi connectivity index (χ2v) is 11.4. The Hall–Kier alpha value is -3.42. The van der Waals surface area contributed by atoms with Crippen LogP contribution in [0.4, 0.5) is 10.1 Å². The van der Waals surface area contributed by atoms with Crippen LogP contribution in [0.2, 0.25) is 0 Å². The van der Waals surface area contributed by atoms with Gasteiger partial charge in [-0.05, 0) is 31.9 Å². The van der Waals surface area contributed by atoms with Crippen LogP contribution in [0.15, 0.2) is 33.7 Å². The van der Waals surface area contributed by atoms with Gasteiger partial charge in [0, 0.05) is 43.8 Å². The summed E-state index contributed by atoms with van der Waals surface area (Å²) >= 11 is 1.04. The molecule has 2 aromatic rings. The van der Waals surface area contributed by atoms with Gasteiger partial charge in [0.2, 0.25) is 11.3 Å². The van der Waals surface area contributed by atoms with Crippen LogP contribution in [-0.2, 0) is 14.3 Å². The molecule has 13 heteroatoms. The van der Waals surface area contributed by atoms with Gasteiger partial charge in [0.15, 0.2) is 0 Å². The summed E-state index contributed by atoms with van der Waals surface area (Å²) in [6, 6.07) is 2.92. The molecular weight excluding hydrogens is 531 g/mol. The van der Waals surface area contributed by atoms with Gasteiger partial charge in [-0.1, -0.05) is 11.8 Å². The Morgan fingerprint density at radius 3 is 2.59 bits per heavy atom. The van der Waals surface area contributed by atoms with Crippen molar-refractivity contribution in [3.63, 3.8) is 0 Å². The SMILES string of the molecule is C[C@@H](O)[C@H]1C(=O)N2C(C(=O)O)=C(COC(=O)c3cn(C4CC4)c4cc(N5CCNCC5)c(F)cc4c3=O)S[C@H]12. The number of esters is 1. The van der Waals surface area contributed by atoms with Crippen molar-refractivity contribution in [3.05, 3.63) is 50.5 Å². The Kier molecular flexibility index (Phi) is 6.39. The van der Waals surface area contributed by atoms with Gasteiger partial charge in [-0.15, -0.1) is 0 Å². The molecule has 6 rings (SSSR count). The largest absolute Gasteiger partial charge is 0.477 e. The fourth-order valence-electron chi connectivity index (χ4n) is 5.47. The van der Waals surface area contributed by atoms with E-state index in [1.54, 1.807) is 6.07 Å². The first-order valence-corrected chi connectivity index (χ1v) is 13.7. The summed E-state index contributed by atoms with van der Waals surface area (Å²) in [5, 5.41) is 22.3. The number of hydrogen-bond acceptors (Lipinski definition) is 9. The third-order valence-corrected chi connectivity index (χ3v) is 8.97. The van der Waals surface area contributed by atoms with E-state index in [2.05, 4.69) is 5.32 Å². The highest BCUT2D eigenvalue weighted by molar-refractivity contribution is 8.04. The molecule has 1 amide bonds. The van der Waals surface area contributed by atoms with Crippen molar-refractivity contribution in [2.24, 2.45) is 5.92 Å². The van der Waals surface area contributed by atoms with Crippen LogP contribution in [-0.4, -0.2) is 81.8 Å². The summed E-state index contributed by atoms with van der Waals surface area (Å²) in [6.45, 7) is 3.71. The van der Waals surface area contributed by atoms with E-state index in [1.165, 1.54) is 19.2 Å². The van der Waals surface area contributed by atoms with Crippen molar-refractivity contribution >= 4 is 46.2 Å². The number of thioether (sulfide) groups is 1. The molecule has 3 fully saturated rings. The summed E-state index contributed by atoms with van der Waals surface area (Å²) in [7, 11) is 0. The summed E-state index contributed by atoms with van der Waals surface area (Å²) in [6.07, 6.45) is 2.19. The Labute approximate surface area is 226 Å². The second kappa shape index (κ2) is 9.65. The molecule has 2 saturated heterocycles. The van der Waals surface area contributed by atoms with Crippen molar-refractivity contribution in [2.75, 3.05) is 37.7 Å². The molecule has 39 heavy (non-hydrogen) atoms. The van der Waals surface area contributed by atoms with Crippen LogP contribution in [0.25, 0.3) is 10.9 Å². The minimum absolute atomic E-state index is 0.0690. The van der Waals surface area contributed by atoms with Gasteiger partial charge >= 0.3 is 11.9 Å². The molecule has 0 radical (unpaired) electrons. The molecule has 0 spiro atoms. The highest BCUT2D eigenvalue weighted by atomic mass is 32.2. The molecule has 0 bridgehead atoms. The summed E-state index contributed by atoms with van der Waals surface area (Å²) in [4.78, 5) is 53.9. The molecular formula is C26H27FN4O7S. The number of hydrogen-bond donors (Lipinski definition) is 3. The zero-order chi connectivity index (χ0) is 27.6. The zero-order valence-electron chi connectivity index (χ0n) is 21.1. The molecule has 11 nitrogen and oxygen atoms in total. The first-order chi connectivity index (χ1) is 18.7. The number of carboxylic acid groups (broad SMARTS) is 1. The third-order valence-electron chi connectivity index (χ3n) is 7.63. The number of benzene rings is 1. The van der Waals surface area contributed by atoms with Crippen LogP contribution in [0, 0.1) is 11.7 Å². The summed E-state index contributed by atoms with van der Waals surface area (Å²) in [5.74, 6) is -4.13. The maximum absolute atomic E-state index is 15.2. The Morgan fingerprint density at radius 2 is 1.95 bits per heavy atom. The van der Waals surface area contributed by atoms with E-state index in [-0.39, 0.29) is 27.6 Å². The molecule has 4 aliphatic rings. The highest BCUT2D eigenvalue weighted by Crippen LogP contribution is 2.50. The van der Waals surface area contributed by atoms with Crippen molar-refractivity contribution in [3.8, 4) is 0 Å². The molecule has 1 aromatic carbocycles. The van der Waals surface area contributed by atoms with E-state index in [0.29, 0.717) is 24.3 Å². The number of amides is 1. The van der Waals surface area contributed by atoms with Crippen molar-refractivity contribution in [2.45, 2.75) is 37.3 Å². The molecule has 3 aliphatic heterocycles. The predicted molar refractivity (Wildman–Crippen MR) is 140 cm³/mol. The number of nitrogens with one attached hydrogen (secondary N) is 1. The van der Waals surface area contributed by atoms with Gasteiger partial charge in [-0.3, -0.25) is 14.5 Å². The maximum atomic E-state index is 15.2. The van der Waals surface area contributed by atoms with E-state index in [4.69, 9.17) is 4.74 Å². The van der Waals surface area contributed by atoms with Gasteiger partial charge in [-0.2, -0.15) is 0 Å². The standard InChI is InChI=1S/C26H27FN4O7S/c1-12(32)20-23(34)31-21(25(35)36)19(39-24(20)31)11-38-26(37)15-10-30(13-2-3-13)17-9-18(29-6-4-28-5-7-29)16(27)8-14(17)22(15)33/h8-10,12-13,20,24,28,32H,2-7,11H2,1H3,(H,35,36)/t12-,20+,24-/m1/s1. The maximum Gasteiger partial charge on any atom is 0.353 e. The molecule has 0 unspecified atom stereocenters. The van der Waals surface area contributed by atoms with E-state index in [0.717, 1.165) is 42.6 Å². The zero-order valence-corrected chi connectivity index (χ0v) is 21.9. The number of β-lactam (4-membered cyclic amide) rings is 1. The van der Waals surface area contributed by atoms with Crippen LogP contribution < -0.4 is 15.6 Å². The van der Waals surface area contributed by atoms with E-state index in [9.17, 15) is 29.4 Å². The highest BCUT2D eigenvalue weighted by Gasteiger charge is 2.57. The monoisotopic (exact) mass is 558 g/mol. The first kappa shape index (κ1) is 25.8. The first-order valence-electron chi connectivity index (χ1n) is 12.8. The minimum Gasteiger partial charge on any atom is -0.477 e. The number of carbonyl (C=O) groups is 3. The summed E-state index contributed by atoms with van der Waals surface area (Å²) in [5.41, 5.74) is -0.281. The lowest BCUT2D eigenvalue weighted by molar-refractivity contribution is -0.156. The third kappa shape index (κ3) is 4.28. The fraction of sp³-hybridized carbons (Fsp3) is 0.462. The molecule has 3 N–H and O–H groups in total. The lowest BCUT2D eigenvalue weighted by Gasteiger charge is -2.43. The normalized spacial score (nSPS) is 23.6. The van der Waals surface area contributed by atoms with E-state index < -0.39 is 53.1 Å². The Balaban J connectivity index is 1.30. The smallest absolute Gasteiger partial charge is 0.353 e. The number of ether oxygens (including phenoxy) is 1. The quantitative estimate of drug-likeness (QED) is 0.336. The number of aliphatic carboxylic acids is 1. The van der Waals surface area contributed by atoms with Crippen LogP contribution in [0.3, 0.4) is 0 Å². The van der Waals surface area contributed by atoms with Crippen LogP contribution in [0.1, 0.15) is 36.2 Å². The summed E-state index contributed by atoms with van der Waals surface area (Å²) < 4.78 is 22.4. The lowest BCUT2D eigenvalue weighted by atomic mass is 9.92. The number of nitrogens with zero attached hydrogens (tertiary/aromatic N) is 3. The number of aliphatic hydroxyl groups excluding tert-OH is 1. The number of aliphatic hydroxyl groups is 1. The fourth-order valence-corrected chi connectivity index (χ4v) is 6.99. The number of piperazine rings is 1. The molecule has 1 aliphatic carbocycles. The molecule has 206 valence electrons. The number of aromatic nitrogens is 1. The van der Waals surface area contributed by atoms with Crippen LogP contribution in [0.5, 0.6) is 0 Å². The number of pyridine rings is 1. The van der Waals surface area contributed by atoms with Crippen molar-refractivity contribution in [1.82, 2.24) is 14.8 Å². The van der Waals surface area contributed by atoms with E-state index in [1.807, 2.05) is 9.47 Å². The van der Waals surface area contributed by atoms with Gasteiger partial charge in [0.05, 0.1) is 28.1 Å². The molecule has 3 atom stereocenters. The number of anilines is 1. The Morgan fingerprint density at radius 1 is 1.23 bits per heavy atom. The minimum atomic E-state index is -1.36. The molecule has 4 heterocycles. The second-order valence-electron chi connectivity index (χ2n) is 10.2. The molecule has 1 saturated carbocycles. The average Bonchev–Trinajstić information content (AvgIpc) is 3.69. The number of halogens is 1. The molecule has 1 aromatic heterocycles. The lowest BCUT2D eigenvalue weighted by Crippen LogP contribution is -2.60. The van der Waals surface area contributed by atoms with Crippen LogP contribution >= 0.6 is 11.8 Å². The number of carboxylic acids is 1. The predicted octanol–water partition coefficient (Wildman–Crippen LogP) is 1.25. The Bertz CT molecular complexity index is 1500. The van der Waals surface area contributed by atoms with Crippen molar-refractivity contribution < 1.29 is 33.7 Å². The van der Waals surface area contributed by atoms with Gasteiger partial charge in [-0.25, -0.2) is 14.0 Å². The number of fused-ring (bicyclic) bond motifs is 2. The van der Waals surface area contributed by atoms with Gasteiger partial charge < -0.3 is 29.7 Å².